The molecule has 5 nitrogen and oxygen atoms in total. The normalized spacial score (nSPS) is 28.3. The van der Waals surface area contributed by atoms with E-state index in [2.05, 4.69) is 24.5 Å². The van der Waals surface area contributed by atoms with E-state index in [0.717, 1.165) is 68.6 Å². The summed E-state index contributed by atoms with van der Waals surface area (Å²) in [6, 6.07) is 7.36. The summed E-state index contributed by atoms with van der Waals surface area (Å²) in [5, 5.41) is 6.45. The van der Waals surface area contributed by atoms with Gasteiger partial charge in [0.1, 0.15) is 0 Å². The Morgan fingerprint density at radius 3 is 1.97 bits per heavy atom. The van der Waals surface area contributed by atoms with Gasteiger partial charge in [-0.15, -0.1) is 0 Å². The number of amides is 2. The molecule has 4 aliphatic carbocycles. The Kier molecular flexibility index (Phi) is 6.65. The van der Waals surface area contributed by atoms with Gasteiger partial charge in [-0.25, -0.2) is 0 Å². The van der Waals surface area contributed by atoms with Crippen LogP contribution in [0.2, 0.25) is 0 Å². The van der Waals surface area contributed by atoms with Gasteiger partial charge in [-0.1, -0.05) is 13.8 Å². The summed E-state index contributed by atoms with van der Waals surface area (Å²) in [7, 11) is 0. The smallest absolute Gasteiger partial charge is 0.253 e. The molecule has 0 radical (unpaired) electrons. The van der Waals surface area contributed by atoms with Crippen LogP contribution in [0.25, 0.3) is 0 Å². The van der Waals surface area contributed by atoms with Crippen molar-refractivity contribution in [3.05, 3.63) is 29.8 Å². The highest BCUT2D eigenvalue weighted by Crippen LogP contribution is 2.60. The van der Waals surface area contributed by atoms with Crippen LogP contribution in [0.3, 0.4) is 0 Å². The van der Waals surface area contributed by atoms with Crippen LogP contribution in [0.5, 0.6) is 0 Å². The summed E-state index contributed by atoms with van der Waals surface area (Å²) in [5.74, 6) is 2.34. The van der Waals surface area contributed by atoms with Crippen molar-refractivity contribution < 1.29 is 9.59 Å². The second-order valence-corrected chi connectivity index (χ2v) is 10.4. The molecule has 0 aromatic heterocycles. The highest BCUT2D eigenvalue weighted by molar-refractivity contribution is 7.80. The number of carbonyl (C=O) groups excluding carboxylic acids is 2. The van der Waals surface area contributed by atoms with Crippen molar-refractivity contribution in [1.29, 1.82) is 0 Å². The quantitative estimate of drug-likeness (QED) is 0.586. The number of anilines is 1. The third-order valence-corrected chi connectivity index (χ3v) is 7.62. The van der Waals surface area contributed by atoms with Crippen molar-refractivity contribution in [1.82, 2.24) is 10.2 Å². The molecule has 5 rings (SSSR count). The van der Waals surface area contributed by atoms with Crippen molar-refractivity contribution in [3.63, 3.8) is 0 Å². The van der Waals surface area contributed by atoms with E-state index in [1.54, 1.807) is 0 Å². The number of hydrogen-bond acceptors (Lipinski definition) is 3. The van der Waals surface area contributed by atoms with E-state index in [1.807, 2.05) is 29.2 Å². The third kappa shape index (κ3) is 4.79. The minimum absolute atomic E-state index is 0.0629. The molecule has 6 heteroatoms. The molecule has 4 fully saturated rings. The lowest BCUT2D eigenvalue weighted by molar-refractivity contribution is -0.144. The summed E-state index contributed by atoms with van der Waals surface area (Å²) < 4.78 is 0. The van der Waals surface area contributed by atoms with Gasteiger partial charge in [0.2, 0.25) is 5.91 Å². The van der Waals surface area contributed by atoms with E-state index >= 15 is 0 Å². The molecular formula is C25H35N3O2S. The van der Waals surface area contributed by atoms with Gasteiger partial charge >= 0.3 is 0 Å². The largest absolute Gasteiger partial charge is 0.339 e. The zero-order valence-corrected chi connectivity index (χ0v) is 19.6. The Labute approximate surface area is 191 Å². The summed E-state index contributed by atoms with van der Waals surface area (Å²) in [4.78, 5) is 27.8. The molecule has 0 saturated heterocycles. The molecule has 0 spiro atoms. The molecule has 4 aliphatic rings. The van der Waals surface area contributed by atoms with E-state index < -0.39 is 0 Å². The van der Waals surface area contributed by atoms with Gasteiger partial charge in [0.05, 0.1) is 5.41 Å². The molecule has 0 aliphatic heterocycles. The van der Waals surface area contributed by atoms with E-state index in [1.165, 1.54) is 19.3 Å². The zero-order valence-electron chi connectivity index (χ0n) is 18.8. The summed E-state index contributed by atoms with van der Waals surface area (Å²) >= 11 is 5.44. The molecule has 0 heterocycles. The predicted octanol–water partition coefficient (Wildman–Crippen LogP) is 4.98. The number of benzene rings is 1. The Bertz CT molecular complexity index is 794. The van der Waals surface area contributed by atoms with Crippen LogP contribution in [0.15, 0.2) is 24.3 Å². The molecule has 0 unspecified atom stereocenters. The Morgan fingerprint density at radius 2 is 1.48 bits per heavy atom. The summed E-state index contributed by atoms with van der Waals surface area (Å²) in [6.45, 7) is 5.71. The first-order valence-corrected chi connectivity index (χ1v) is 12.3. The molecule has 4 bridgehead atoms. The fraction of sp³-hybridized carbons (Fsp3) is 0.640. The van der Waals surface area contributed by atoms with Crippen LogP contribution in [0.4, 0.5) is 5.69 Å². The standard InChI is InChI=1S/C25H35N3O2S/c1-3-9-28(10-4-2)22(29)20-5-7-21(8-6-20)26-24(31)27-23(30)25-14-17-11-18(15-25)13-19(12-17)16-25/h5-8,17-19H,3-4,9-16H2,1-2H3,(H2,26,27,30,31). The van der Waals surface area contributed by atoms with Gasteiger partial charge in [0.25, 0.3) is 5.91 Å². The molecule has 2 amide bonds. The van der Waals surface area contributed by atoms with Crippen molar-refractivity contribution in [2.75, 3.05) is 18.4 Å². The molecule has 31 heavy (non-hydrogen) atoms. The minimum atomic E-state index is -0.210. The van der Waals surface area contributed by atoms with E-state index in [4.69, 9.17) is 12.2 Å². The van der Waals surface area contributed by atoms with Crippen molar-refractivity contribution in [2.24, 2.45) is 23.2 Å². The first kappa shape index (κ1) is 22.3. The number of thiocarbonyl (C=S) groups is 1. The van der Waals surface area contributed by atoms with E-state index in [0.29, 0.717) is 10.7 Å². The lowest BCUT2D eigenvalue weighted by atomic mass is 9.49. The van der Waals surface area contributed by atoms with Crippen LogP contribution in [0.1, 0.15) is 75.6 Å². The average Bonchev–Trinajstić information content (AvgIpc) is 2.72. The lowest BCUT2D eigenvalue weighted by Gasteiger charge is -2.55. The number of hydrogen-bond donors (Lipinski definition) is 2. The first-order valence-electron chi connectivity index (χ1n) is 11.9. The Morgan fingerprint density at radius 1 is 0.968 bits per heavy atom. The molecule has 168 valence electrons. The van der Waals surface area contributed by atoms with Gasteiger partial charge in [-0.05, 0) is 106 Å². The fourth-order valence-electron chi connectivity index (χ4n) is 6.52. The number of carbonyl (C=O) groups is 2. The van der Waals surface area contributed by atoms with Gasteiger partial charge in [0.15, 0.2) is 5.11 Å². The summed E-state index contributed by atoms with van der Waals surface area (Å²) in [5.41, 5.74) is 1.25. The second-order valence-electron chi connectivity index (χ2n) is 9.98. The van der Waals surface area contributed by atoms with Crippen molar-refractivity contribution in [3.8, 4) is 0 Å². The van der Waals surface area contributed by atoms with Crippen LogP contribution < -0.4 is 10.6 Å². The molecule has 4 saturated carbocycles. The van der Waals surface area contributed by atoms with Crippen LogP contribution in [0, 0.1) is 23.2 Å². The Hall–Kier alpha value is -1.95. The van der Waals surface area contributed by atoms with Gasteiger partial charge < -0.3 is 15.5 Å². The minimum Gasteiger partial charge on any atom is -0.339 e. The topological polar surface area (TPSA) is 61.4 Å². The SMILES string of the molecule is CCCN(CCC)C(=O)c1ccc(NC(=S)NC(=O)C23CC4CC(CC(C4)C2)C3)cc1. The number of nitrogens with zero attached hydrogens (tertiary/aromatic N) is 1. The maximum atomic E-state index is 13.1. The maximum Gasteiger partial charge on any atom is 0.253 e. The highest BCUT2D eigenvalue weighted by atomic mass is 32.1. The lowest BCUT2D eigenvalue weighted by Crippen LogP contribution is -2.55. The second kappa shape index (κ2) is 9.27. The average molecular weight is 442 g/mol. The van der Waals surface area contributed by atoms with Crippen molar-refractivity contribution >= 4 is 34.8 Å². The van der Waals surface area contributed by atoms with Crippen LogP contribution >= 0.6 is 12.2 Å². The van der Waals surface area contributed by atoms with E-state index in [-0.39, 0.29) is 17.2 Å². The molecule has 1 aromatic rings. The molecule has 2 N–H and O–H groups in total. The van der Waals surface area contributed by atoms with Crippen molar-refractivity contribution in [2.45, 2.75) is 65.2 Å². The molecular weight excluding hydrogens is 406 g/mol. The van der Waals surface area contributed by atoms with Gasteiger partial charge in [0, 0.05) is 24.3 Å². The monoisotopic (exact) mass is 441 g/mol. The van der Waals surface area contributed by atoms with Gasteiger partial charge in [-0.2, -0.15) is 0 Å². The zero-order chi connectivity index (χ0) is 22.0. The third-order valence-electron chi connectivity index (χ3n) is 7.41. The molecule has 1 aromatic carbocycles. The number of rotatable bonds is 7. The highest BCUT2D eigenvalue weighted by Gasteiger charge is 2.54. The van der Waals surface area contributed by atoms with Crippen LogP contribution in [-0.2, 0) is 4.79 Å². The summed E-state index contributed by atoms with van der Waals surface area (Å²) in [6.07, 6.45) is 8.91. The number of nitrogens with one attached hydrogen (secondary N) is 2. The fourth-order valence-corrected chi connectivity index (χ4v) is 6.73. The maximum absolute atomic E-state index is 13.1. The van der Waals surface area contributed by atoms with E-state index in [9.17, 15) is 9.59 Å². The Balaban J connectivity index is 1.34. The predicted molar refractivity (Wildman–Crippen MR) is 128 cm³/mol. The molecule has 0 atom stereocenters. The van der Waals surface area contributed by atoms with Gasteiger partial charge in [-0.3, -0.25) is 9.59 Å². The van der Waals surface area contributed by atoms with Crippen LogP contribution in [-0.4, -0.2) is 34.9 Å². The first-order chi connectivity index (χ1) is 14.9.